The maximum absolute atomic E-state index is 13.1. The van der Waals surface area contributed by atoms with Gasteiger partial charge in [0.05, 0.1) is 10.6 Å². The first-order valence-electron chi connectivity index (χ1n) is 9.53. The van der Waals surface area contributed by atoms with E-state index in [1.165, 1.54) is 40.9 Å². The highest BCUT2D eigenvalue weighted by atomic mass is 32.2. The lowest BCUT2D eigenvalue weighted by Gasteiger charge is -2.15. The summed E-state index contributed by atoms with van der Waals surface area (Å²) in [7, 11) is 0. The number of anilines is 2. The predicted molar refractivity (Wildman–Crippen MR) is 135 cm³/mol. The van der Waals surface area contributed by atoms with Gasteiger partial charge in [0.1, 0.15) is 5.82 Å². The molecule has 8 heteroatoms. The summed E-state index contributed by atoms with van der Waals surface area (Å²) in [5, 5.41) is 2.72. The summed E-state index contributed by atoms with van der Waals surface area (Å²) >= 11 is 8.33. The minimum absolute atomic E-state index is 0.231. The van der Waals surface area contributed by atoms with Crippen molar-refractivity contribution in [1.29, 1.82) is 0 Å². The van der Waals surface area contributed by atoms with Gasteiger partial charge in [0.25, 0.3) is 11.8 Å². The van der Waals surface area contributed by atoms with Crippen LogP contribution in [0.4, 0.5) is 15.8 Å². The molecule has 3 aromatic rings. The van der Waals surface area contributed by atoms with Crippen molar-refractivity contribution in [2.24, 2.45) is 0 Å². The molecular formula is C24H17FN2O2S3. The van der Waals surface area contributed by atoms with Gasteiger partial charge in [-0.2, -0.15) is 0 Å². The van der Waals surface area contributed by atoms with Gasteiger partial charge in [0.15, 0.2) is 4.32 Å². The highest BCUT2D eigenvalue weighted by Gasteiger charge is 2.33. The van der Waals surface area contributed by atoms with Crippen molar-refractivity contribution in [3.8, 4) is 0 Å². The normalized spacial score (nSPS) is 14.8. The number of thioether (sulfide) groups is 2. The van der Waals surface area contributed by atoms with Crippen molar-refractivity contribution in [3.05, 3.63) is 94.6 Å². The third kappa shape index (κ3) is 4.93. The standard InChI is InChI=1S/C24H17FN2O2S3/c1-31-20-11-5-15(6-12-20)13-21-23(29)27(24(30)32-21)19-4-2-3-16(14-19)22(28)26-18-9-7-17(25)8-10-18/h2-14H,1H3,(H,26,28)/b21-13+. The van der Waals surface area contributed by atoms with E-state index in [0.717, 1.165) is 10.5 Å². The second kappa shape index (κ2) is 9.68. The van der Waals surface area contributed by atoms with Crippen LogP contribution in [0.25, 0.3) is 6.08 Å². The van der Waals surface area contributed by atoms with Crippen molar-refractivity contribution in [2.45, 2.75) is 4.90 Å². The molecule has 1 aliphatic rings. The molecule has 2 amide bonds. The molecule has 3 aromatic carbocycles. The average Bonchev–Trinajstić information content (AvgIpc) is 3.08. The van der Waals surface area contributed by atoms with Crippen LogP contribution < -0.4 is 10.2 Å². The summed E-state index contributed by atoms with van der Waals surface area (Å²) in [5.41, 5.74) is 2.26. The first-order chi connectivity index (χ1) is 15.4. The van der Waals surface area contributed by atoms with E-state index in [1.807, 2.05) is 36.6 Å². The topological polar surface area (TPSA) is 49.4 Å². The molecule has 4 nitrogen and oxygen atoms in total. The van der Waals surface area contributed by atoms with Crippen LogP contribution in [0.3, 0.4) is 0 Å². The Morgan fingerprint density at radius 2 is 1.81 bits per heavy atom. The largest absolute Gasteiger partial charge is 0.322 e. The summed E-state index contributed by atoms with van der Waals surface area (Å²) in [6.07, 6.45) is 3.82. The molecule has 160 valence electrons. The second-order valence-electron chi connectivity index (χ2n) is 6.80. The Hall–Kier alpha value is -2.94. The van der Waals surface area contributed by atoms with E-state index in [1.54, 1.807) is 36.0 Å². The number of thiocarbonyl (C=S) groups is 1. The van der Waals surface area contributed by atoms with Gasteiger partial charge in [-0.15, -0.1) is 11.8 Å². The van der Waals surface area contributed by atoms with E-state index in [-0.39, 0.29) is 17.6 Å². The van der Waals surface area contributed by atoms with E-state index in [2.05, 4.69) is 5.32 Å². The van der Waals surface area contributed by atoms with Crippen LogP contribution in [0, 0.1) is 5.82 Å². The van der Waals surface area contributed by atoms with Crippen molar-refractivity contribution in [1.82, 2.24) is 0 Å². The average molecular weight is 481 g/mol. The first kappa shape index (κ1) is 22.3. The van der Waals surface area contributed by atoms with Gasteiger partial charge in [-0.1, -0.05) is 42.2 Å². The lowest BCUT2D eigenvalue weighted by atomic mass is 10.1. The highest BCUT2D eigenvalue weighted by molar-refractivity contribution is 8.27. The van der Waals surface area contributed by atoms with Crippen LogP contribution in [-0.4, -0.2) is 22.4 Å². The van der Waals surface area contributed by atoms with Crippen molar-refractivity contribution >= 4 is 69.3 Å². The Morgan fingerprint density at radius 1 is 1.09 bits per heavy atom. The number of nitrogens with zero attached hydrogens (tertiary/aromatic N) is 1. The molecule has 0 radical (unpaired) electrons. The van der Waals surface area contributed by atoms with Crippen LogP contribution in [0.5, 0.6) is 0 Å². The molecule has 0 bridgehead atoms. The molecule has 1 N–H and O–H groups in total. The number of amides is 2. The molecule has 1 saturated heterocycles. The van der Waals surface area contributed by atoms with Crippen LogP contribution in [0.2, 0.25) is 0 Å². The molecule has 0 aliphatic carbocycles. The quantitative estimate of drug-likeness (QED) is 0.267. The SMILES string of the molecule is CSc1ccc(/C=C2/SC(=S)N(c3cccc(C(=O)Nc4ccc(F)cc4)c3)C2=O)cc1. The summed E-state index contributed by atoms with van der Waals surface area (Å²) in [5.74, 6) is -0.981. The van der Waals surface area contributed by atoms with Crippen LogP contribution in [0.1, 0.15) is 15.9 Å². The summed E-state index contributed by atoms with van der Waals surface area (Å²) in [4.78, 5) is 28.8. The van der Waals surface area contributed by atoms with Gasteiger partial charge >= 0.3 is 0 Å². The Bertz CT molecular complexity index is 1220. The van der Waals surface area contributed by atoms with Crippen molar-refractivity contribution in [3.63, 3.8) is 0 Å². The smallest absolute Gasteiger partial charge is 0.270 e. The molecule has 0 aromatic heterocycles. The van der Waals surface area contributed by atoms with Gasteiger partial charge in [0, 0.05) is 16.1 Å². The van der Waals surface area contributed by atoms with Gasteiger partial charge in [0.2, 0.25) is 0 Å². The number of halogens is 1. The molecule has 1 aliphatic heterocycles. The first-order valence-corrected chi connectivity index (χ1v) is 12.0. The van der Waals surface area contributed by atoms with E-state index < -0.39 is 0 Å². The third-order valence-corrected chi connectivity index (χ3v) is 6.72. The van der Waals surface area contributed by atoms with E-state index in [9.17, 15) is 14.0 Å². The van der Waals surface area contributed by atoms with E-state index in [0.29, 0.717) is 26.2 Å². The number of nitrogens with one attached hydrogen (secondary N) is 1. The maximum atomic E-state index is 13.1. The number of rotatable bonds is 5. The number of hydrogen-bond donors (Lipinski definition) is 1. The zero-order valence-corrected chi connectivity index (χ0v) is 19.3. The molecule has 1 fully saturated rings. The fraction of sp³-hybridized carbons (Fsp3) is 0.0417. The zero-order valence-electron chi connectivity index (χ0n) is 16.9. The molecule has 32 heavy (non-hydrogen) atoms. The van der Waals surface area contributed by atoms with Gasteiger partial charge in [-0.05, 0) is 72.5 Å². The predicted octanol–water partition coefficient (Wildman–Crippen LogP) is 6.21. The lowest BCUT2D eigenvalue weighted by Crippen LogP contribution is -2.27. The molecule has 1 heterocycles. The number of benzene rings is 3. The Labute approximate surface area is 198 Å². The molecule has 4 rings (SSSR count). The fourth-order valence-corrected chi connectivity index (χ4v) is 4.77. The van der Waals surface area contributed by atoms with Gasteiger partial charge < -0.3 is 5.32 Å². The number of carbonyl (C=O) groups excluding carboxylic acids is 2. The van der Waals surface area contributed by atoms with E-state index >= 15 is 0 Å². The second-order valence-corrected chi connectivity index (χ2v) is 9.36. The van der Waals surface area contributed by atoms with E-state index in [4.69, 9.17) is 12.2 Å². The van der Waals surface area contributed by atoms with Crippen LogP contribution in [0.15, 0.2) is 82.6 Å². The minimum atomic E-state index is -0.382. The van der Waals surface area contributed by atoms with Gasteiger partial charge in [-0.3, -0.25) is 14.5 Å². The summed E-state index contributed by atoms with van der Waals surface area (Å²) in [6, 6.07) is 20.1. The maximum Gasteiger partial charge on any atom is 0.270 e. The van der Waals surface area contributed by atoms with Gasteiger partial charge in [-0.25, -0.2) is 4.39 Å². The Morgan fingerprint density at radius 3 is 2.50 bits per heavy atom. The number of carbonyl (C=O) groups is 2. The molecule has 0 unspecified atom stereocenters. The summed E-state index contributed by atoms with van der Waals surface area (Å²) in [6.45, 7) is 0. The molecular weight excluding hydrogens is 463 g/mol. The molecule has 0 atom stereocenters. The molecule has 0 saturated carbocycles. The van der Waals surface area contributed by atoms with Crippen LogP contribution in [-0.2, 0) is 4.79 Å². The minimum Gasteiger partial charge on any atom is -0.322 e. The van der Waals surface area contributed by atoms with Crippen LogP contribution >= 0.6 is 35.7 Å². The monoisotopic (exact) mass is 480 g/mol. The Kier molecular flexibility index (Phi) is 6.74. The number of hydrogen-bond acceptors (Lipinski definition) is 5. The zero-order chi connectivity index (χ0) is 22.7. The highest BCUT2D eigenvalue weighted by Crippen LogP contribution is 2.36. The lowest BCUT2D eigenvalue weighted by molar-refractivity contribution is -0.113. The fourth-order valence-electron chi connectivity index (χ4n) is 3.06. The molecule has 0 spiro atoms. The third-order valence-electron chi connectivity index (χ3n) is 4.68. The van der Waals surface area contributed by atoms with Crippen molar-refractivity contribution in [2.75, 3.05) is 16.5 Å². The summed E-state index contributed by atoms with van der Waals surface area (Å²) < 4.78 is 13.5. The van der Waals surface area contributed by atoms with Crippen molar-refractivity contribution < 1.29 is 14.0 Å². The Balaban J connectivity index is 1.54.